The Morgan fingerprint density at radius 3 is 2.62 bits per heavy atom. The van der Waals surface area contributed by atoms with Crippen LogP contribution in [0.2, 0.25) is 19.6 Å². The number of carboxylic acids is 1. The molecule has 1 fully saturated rings. The third-order valence-corrected chi connectivity index (χ3v) is 6.25. The van der Waals surface area contributed by atoms with Crippen LogP contribution in [0.15, 0.2) is 21.6 Å². The van der Waals surface area contributed by atoms with Crippen LogP contribution in [0.5, 0.6) is 0 Å². The molecule has 2 heterocycles. The molecule has 1 amide bonds. The number of aliphatic hydroxyl groups excluding tert-OH is 1. The van der Waals surface area contributed by atoms with Crippen LogP contribution in [0.3, 0.4) is 0 Å². The van der Waals surface area contributed by atoms with Crippen molar-refractivity contribution in [3.63, 3.8) is 0 Å². The van der Waals surface area contributed by atoms with Crippen molar-refractivity contribution >= 4 is 32.0 Å². The van der Waals surface area contributed by atoms with E-state index < -0.39 is 14.3 Å². The molecule has 2 rings (SSSR count). The number of aliphatic carboxylic acids is 1. The van der Waals surface area contributed by atoms with Crippen LogP contribution in [-0.4, -0.2) is 54.1 Å². The van der Waals surface area contributed by atoms with Crippen molar-refractivity contribution in [3.05, 3.63) is 21.6 Å². The number of hydrogen-bond donors (Lipinski definition) is 2. The molecule has 0 aromatic carbocycles. The van der Waals surface area contributed by atoms with Crippen LogP contribution in [0.1, 0.15) is 20.3 Å². The molecule has 0 radical (unpaired) electrons. The van der Waals surface area contributed by atoms with Gasteiger partial charge in [-0.25, -0.2) is 4.79 Å². The van der Waals surface area contributed by atoms with E-state index in [2.05, 4.69) is 19.6 Å². The molecule has 134 valence electrons. The number of carboxylic acid groups (broad SMARTS) is 1. The molecule has 2 aliphatic rings. The maximum Gasteiger partial charge on any atom is 0.353 e. The highest BCUT2D eigenvalue weighted by Crippen LogP contribution is 2.49. The van der Waals surface area contributed by atoms with Gasteiger partial charge in [0.05, 0.1) is 24.7 Å². The predicted octanol–water partition coefficient (Wildman–Crippen LogP) is 2.38. The number of β-lactam (4-membered cyclic amide) rings is 1. The van der Waals surface area contributed by atoms with Gasteiger partial charge < -0.3 is 19.5 Å². The fourth-order valence-corrected chi connectivity index (χ4v) is 5.65. The van der Waals surface area contributed by atoms with E-state index in [9.17, 15) is 14.7 Å². The highest BCUT2D eigenvalue weighted by Gasteiger charge is 2.57. The van der Waals surface area contributed by atoms with E-state index in [0.29, 0.717) is 11.3 Å². The van der Waals surface area contributed by atoms with Gasteiger partial charge in [0.2, 0.25) is 5.91 Å². The van der Waals surface area contributed by atoms with Crippen LogP contribution in [0, 0.1) is 5.92 Å². The summed E-state index contributed by atoms with van der Waals surface area (Å²) in [5.74, 6) is -1.53. The smallest absolute Gasteiger partial charge is 0.353 e. The topological polar surface area (TPSA) is 87.1 Å². The molecule has 0 bridgehead atoms. The summed E-state index contributed by atoms with van der Waals surface area (Å²) in [6.07, 6.45) is 1.95. The first-order valence-electron chi connectivity index (χ1n) is 7.99. The Morgan fingerprint density at radius 1 is 1.50 bits per heavy atom. The van der Waals surface area contributed by atoms with Crippen molar-refractivity contribution in [2.75, 3.05) is 6.61 Å². The minimum Gasteiger partial charge on any atom is -0.477 e. The molecule has 0 aromatic rings. The average Bonchev–Trinajstić information content (AvgIpc) is 2.71. The van der Waals surface area contributed by atoms with Crippen molar-refractivity contribution < 1.29 is 24.2 Å². The van der Waals surface area contributed by atoms with E-state index in [0.717, 1.165) is 4.91 Å². The van der Waals surface area contributed by atoms with Crippen LogP contribution < -0.4 is 0 Å². The first-order valence-corrected chi connectivity index (χ1v) is 12.2. The van der Waals surface area contributed by atoms with Gasteiger partial charge >= 0.3 is 5.97 Å². The molecular weight excluding hydrogens is 346 g/mol. The predicted molar refractivity (Wildman–Crippen MR) is 95.7 cm³/mol. The number of nitrogens with zero attached hydrogens (tertiary/aromatic N) is 1. The summed E-state index contributed by atoms with van der Waals surface area (Å²) < 4.78 is 6.05. The van der Waals surface area contributed by atoms with Gasteiger partial charge in [0.1, 0.15) is 5.70 Å². The number of thioether (sulfide) groups is 1. The SMILES string of the molecule is C/C(=C\CO)SC1=C(C(=O)O)N2C(=O)[C@@H]([C@H](C)O[Si](C)(C)C)[C@H]2C1. The molecule has 0 saturated carbocycles. The molecule has 6 nitrogen and oxygen atoms in total. The Balaban J connectivity index is 2.20. The number of carbonyl (C=O) groups is 2. The number of rotatable bonds is 7. The molecule has 2 aliphatic heterocycles. The number of hydrogen-bond acceptors (Lipinski definition) is 5. The standard InChI is InChI=1S/C16H25NO5SSi/c1-9(6-7-18)23-12-8-11-13(10(2)22-24(3,4)5)15(19)17(11)14(12)16(20)21/h6,10-11,13,18H,7-8H2,1-5H3,(H,20,21)/b9-6+/t10-,11+,13-/m0/s1. The molecule has 1 saturated heterocycles. The fraction of sp³-hybridized carbons (Fsp3) is 0.625. The zero-order chi connectivity index (χ0) is 18.2. The monoisotopic (exact) mass is 371 g/mol. The lowest BCUT2D eigenvalue weighted by Gasteiger charge is -2.46. The Hall–Kier alpha value is -1.09. The minimum absolute atomic E-state index is 0.0807. The van der Waals surface area contributed by atoms with Crippen molar-refractivity contribution in [1.82, 2.24) is 4.90 Å². The lowest BCUT2D eigenvalue weighted by Crippen LogP contribution is -2.63. The zero-order valence-electron chi connectivity index (χ0n) is 14.7. The van der Waals surface area contributed by atoms with Gasteiger partial charge in [0.15, 0.2) is 8.32 Å². The van der Waals surface area contributed by atoms with Crippen molar-refractivity contribution in [1.29, 1.82) is 0 Å². The summed E-state index contributed by atoms with van der Waals surface area (Å²) in [5, 5.41) is 18.5. The summed E-state index contributed by atoms with van der Waals surface area (Å²) >= 11 is 1.32. The zero-order valence-corrected chi connectivity index (χ0v) is 16.5. The lowest BCUT2D eigenvalue weighted by molar-refractivity contribution is -0.160. The Bertz CT molecular complexity index is 610. The quantitative estimate of drug-likeness (QED) is 0.528. The van der Waals surface area contributed by atoms with Gasteiger partial charge in [0, 0.05) is 11.3 Å². The van der Waals surface area contributed by atoms with E-state index >= 15 is 0 Å². The summed E-state index contributed by atoms with van der Waals surface area (Å²) in [6.45, 7) is 9.85. The summed E-state index contributed by atoms with van der Waals surface area (Å²) in [5.41, 5.74) is 0.0807. The lowest BCUT2D eigenvalue weighted by atomic mass is 9.83. The van der Waals surface area contributed by atoms with Gasteiger partial charge in [-0.15, -0.1) is 0 Å². The third kappa shape index (κ3) is 3.77. The largest absolute Gasteiger partial charge is 0.477 e. The van der Waals surface area contributed by atoms with Crippen molar-refractivity contribution in [2.45, 2.75) is 52.1 Å². The number of aliphatic hydroxyl groups is 1. The maximum absolute atomic E-state index is 12.5. The van der Waals surface area contributed by atoms with Crippen LogP contribution >= 0.6 is 11.8 Å². The number of amides is 1. The third-order valence-electron chi connectivity index (χ3n) is 4.08. The van der Waals surface area contributed by atoms with Crippen LogP contribution in [0.4, 0.5) is 0 Å². The first-order chi connectivity index (χ1) is 11.1. The molecule has 0 unspecified atom stereocenters. The molecule has 0 spiro atoms. The van der Waals surface area contributed by atoms with Gasteiger partial charge in [-0.1, -0.05) is 11.8 Å². The van der Waals surface area contributed by atoms with E-state index in [1.54, 1.807) is 6.08 Å². The van der Waals surface area contributed by atoms with Gasteiger partial charge in [0.25, 0.3) is 0 Å². The van der Waals surface area contributed by atoms with Gasteiger partial charge in [-0.2, -0.15) is 0 Å². The average molecular weight is 372 g/mol. The second kappa shape index (κ2) is 7.03. The van der Waals surface area contributed by atoms with E-state index in [-0.39, 0.29) is 36.3 Å². The molecule has 0 aromatic heterocycles. The molecular formula is C16H25NO5SSi. The Kier molecular flexibility index (Phi) is 5.63. The second-order valence-corrected chi connectivity index (χ2v) is 12.9. The molecule has 2 N–H and O–H groups in total. The highest BCUT2D eigenvalue weighted by molar-refractivity contribution is 8.06. The first kappa shape index (κ1) is 19.2. The molecule has 3 atom stereocenters. The second-order valence-electron chi connectivity index (χ2n) is 7.12. The van der Waals surface area contributed by atoms with Crippen molar-refractivity contribution in [2.24, 2.45) is 5.92 Å². The molecule has 8 heteroatoms. The number of fused-ring (bicyclic) bond motifs is 1. The van der Waals surface area contributed by atoms with Gasteiger partial charge in [-0.05, 0) is 44.5 Å². The normalized spacial score (nSPS) is 25.7. The number of carbonyl (C=O) groups excluding carboxylic acids is 1. The van der Waals surface area contributed by atoms with E-state index in [1.807, 2.05) is 13.8 Å². The minimum atomic E-state index is -1.77. The fourth-order valence-electron chi connectivity index (χ4n) is 3.30. The van der Waals surface area contributed by atoms with Crippen molar-refractivity contribution in [3.8, 4) is 0 Å². The summed E-state index contributed by atoms with van der Waals surface area (Å²) in [6, 6.07) is -0.139. The maximum atomic E-state index is 12.5. The van der Waals surface area contributed by atoms with Gasteiger partial charge in [-0.3, -0.25) is 4.79 Å². The van der Waals surface area contributed by atoms with E-state index in [4.69, 9.17) is 9.53 Å². The summed E-state index contributed by atoms with van der Waals surface area (Å²) in [4.78, 5) is 27.1. The molecule has 0 aliphatic carbocycles. The number of allylic oxidation sites excluding steroid dienone is 1. The highest BCUT2D eigenvalue weighted by atomic mass is 32.2. The Labute approximate surface area is 147 Å². The van der Waals surface area contributed by atoms with Crippen LogP contribution in [-0.2, 0) is 14.0 Å². The molecule has 24 heavy (non-hydrogen) atoms. The Morgan fingerprint density at radius 2 is 2.12 bits per heavy atom. The van der Waals surface area contributed by atoms with Crippen LogP contribution in [0.25, 0.3) is 0 Å². The summed E-state index contributed by atoms with van der Waals surface area (Å²) in [7, 11) is -1.77. The van der Waals surface area contributed by atoms with E-state index in [1.165, 1.54) is 16.7 Å².